The molecule has 0 aliphatic heterocycles. The third kappa shape index (κ3) is 4.55. The van der Waals surface area contributed by atoms with Crippen molar-refractivity contribution in [2.75, 3.05) is 11.9 Å². The molecule has 2 rings (SSSR count). The summed E-state index contributed by atoms with van der Waals surface area (Å²) in [7, 11) is 0. The summed E-state index contributed by atoms with van der Waals surface area (Å²) < 4.78 is 5.26. The van der Waals surface area contributed by atoms with Gasteiger partial charge in [0.1, 0.15) is 0 Å². The van der Waals surface area contributed by atoms with Crippen molar-refractivity contribution >= 4 is 17.3 Å². The van der Waals surface area contributed by atoms with Crippen molar-refractivity contribution in [3.63, 3.8) is 0 Å². The highest BCUT2D eigenvalue weighted by Gasteiger charge is 2.16. The molecule has 0 aliphatic carbocycles. The summed E-state index contributed by atoms with van der Waals surface area (Å²) in [6, 6.07) is 13.5. The zero-order valence-corrected chi connectivity index (χ0v) is 13.9. The zero-order chi connectivity index (χ0) is 17.7. The Balaban J connectivity index is 1.96. The maximum Gasteiger partial charge on any atom is 0.310 e. The van der Waals surface area contributed by atoms with Gasteiger partial charge in [-0.2, -0.15) is 0 Å². The molecule has 0 spiro atoms. The summed E-state index contributed by atoms with van der Waals surface area (Å²) >= 11 is 0. The highest BCUT2D eigenvalue weighted by Crippen LogP contribution is 2.26. The molecule has 6 nitrogen and oxygen atoms in total. The van der Waals surface area contributed by atoms with Gasteiger partial charge in [-0.3, -0.25) is 14.9 Å². The lowest BCUT2D eigenvalue weighted by atomic mass is 9.87. The van der Waals surface area contributed by atoms with Crippen LogP contribution in [0.4, 0.5) is 11.4 Å². The van der Waals surface area contributed by atoms with Gasteiger partial charge < -0.3 is 10.1 Å². The minimum absolute atomic E-state index is 0.0396. The fourth-order valence-corrected chi connectivity index (χ4v) is 2.12. The maximum atomic E-state index is 11.9. The number of carbonyl (C=O) groups is 1. The number of carbonyl (C=O) groups excluding carboxylic acids is 1. The van der Waals surface area contributed by atoms with Crippen molar-refractivity contribution in [3.8, 4) is 5.75 Å². The van der Waals surface area contributed by atoms with Gasteiger partial charge >= 0.3 is 5.69 Å². The Bertz CT molecular complexity index is 733. The molecular formula is C18H20N2O4. The number of nitro groups is 1. The number of benzene rings is 2. The molecule has 0 saturated carbocycles. The van der Waals surface area contributed by atoms with Gasteiger partial charge in [0.25, 0.3) is 5.91 Å². The van der Waals surface area contributed by atoms with Gasteiger partial charge in [-0.15, -0.1) is 0 Å². The molecule has 0 saturated heterocycles. The largest absolute Gasteiger partial charge is 0.477 e. The number of hydrogen-bond acceptors (Lipinski definition) is 4. The Morgan fingerprint density at radius 3 is 2.33 bits per heavy atom. The number of nitrogens with one attached hydrogen (secondary N) is 1. The summed E-state index contributed by atoms with van der Waals surface area (Å²) in [5.41, 5.74) is 1.69. The van der Waals surface area contributed by atoms with E-state index in [1.807, 2.05) is 24.3 Å². The Labute approximate surface area is 140 Å². The van der Waals surface area contributed by atoms with E-state index in [0.717, 1.165) is 5.56 Å². The molecule has 0 bridgehead atoms. The van der Waals surface area contributed by atoms with Crippen LogP contribution in [0.5, 0.6) is 5.75 Å². The van der Waals surface area contributed by atoms with Crippen molar-refractivity contribution in [1.29, 1.82) is 0 Å². The minimum Gasteiger partial charge on any atom is -0.477 e. The molecular weight excluding hydrogens is 308 g/mol. The van der Waals surface area contributed by atoms with Crippen LogP contribution in [0.2, 0.25) is 0 Å². The fraction of sp³-hybridized carbons (Fsp3) is 0.278. The first-order valence-electron chi connectivity index (χ1n) is 7.54. The highest BCUT2D eigenvalue weighted by molar-refractivity contribution is 5.91. The second-order valence-corrected chi connectivity index (χ2v) is 6.39. The molecule has 0 aliphatic rings. The maximum absolute atomic E-state index is 11.9. The molecule has 126 valence electrons. The Kier molecular flexibility index (Phi) is 5.18. The van der Waals surface area contributed by atoms with Crippen LogP contribution in [0.25, 0.3) is 0 Å². The van der Waals surface area contributed by atoms with Gasteiger partial charge in [0.05, 0.1) is 4.92 Å². The molecule has 0 atom stereocenters. The molecule has 0 fully saturated rings. The smallest absolute Gasteiger partial charge is 0.310 e. The minimum atomic E-state index is -0.543. The first-order valence-corrected chi connectivity index (χ1v) is 7.54. The molecule has 24 heavy (non-hydrogen) atoms. The van der Waals surface area contributed by atoms with E-state index < -0.39 is 4.92 Å². The number of nitrogens with zero attached hydrogens (tertiary/aromatic N) is 1. The normalized spacial score (nSPS) is 11.0. The van der Waals surface area contributed by atoms with Crippen molar-refractivity contribution < 1.29 is 14.5 Å². The molecule has 0 aromatic heterocycles. The van der Waals surface area contributed by atoms with E-state index in [1.165, 1.54) is 12.1 Å². The van der Waals surface area contributed by atoms with Crippen LogP contribution in [0.1, 0.15) is 26.3 Å². The molecule has 0 heterocycles. The number of ether oxygens (including phenoxy) is 1. The lowest BCUT2D eigenvalue weighted by molar-refractivity contribution is -0.385. The molecule has 1 N–H and O–H groups in total. The van der Waals surface area contributed by atoms with Gasteiger partial charge in [0.2, 0.25) is 0 Å². The molecule has 6 heteroatoms. The third-order valence-electron chi connectivity index (χ3n) is 3.46. The molecule has 0 unspecified atom stereocenters. The second kappa shape index (κ2) is 7.12. The van der Waals surface area contributed by atoms with Gasteiger partial charge in [-0.1, -0.05) is 45.0 Å². The molecule has 2 aromatic rings. The van der Waals surface area contributed by atoms with E-state index in [0.29, 0.717) is 5.69 Å². The van der Waals surface area contributed by atoms with Crippen LogP contribution in [0, 0.1) is 10.1 Å². The Hall–Kier alpha value is -2.89. The topological polar surface area (TPSA) is 81.5 Å². The number of para-hydroxylation sites is 2. The lowest BCUT2D eigenvalue weighted by Gasteiger charge is -2.19. The zero-order valence-electron chi connectivity index (χ0n) is 13.9. The first kappa shape index (κ1) is 17.5. The average molecular weight is 328 g/mol. The van der Waals surface area contributed by atoms with Gasteiger partial charge in [0, 0.05) is 11.8 Å². The van der Waals surface area contributed by atoms with Crippen LogP contribution in [0.3, 0.4) is 0 Å². The summed E-state index contributed by atoms with van der Waals surface area (Å²) in [5.74, 6) is -0.308. The van der Waals surface area contributed by atoms with Crippen LogP contribution >= 0.6 is 0 Å². The average Bonchev–Trinajstić information content (AvgIpc) is 2.53. The van der Waals surface area contributed by atoms with Gasteiger partial charge in [0.15, 0.2) is 12.4 Å². The standard InChI is InChI=1S/C18H20N2O4/c1-18(2,3)13-8-10-14(11-9-13)19-17(21)12-24-16-7-5-4-6-15(16)20(22)23/h4-11H,12H2,1-3H3,(H,19,21). The van der Waals surface area contributed by atoms with E-state index in [-0.39, 0.29) is 29.4 Å². The fourth-order valence-electron chi connectivity index (χ4n) is 2.12. The Morgan fingerprint density at radius 1 is 1.12 bits per heavy atom. The summed E-state index contributed by atoms with van der Waals surface area (Å²) in [5, 5.41) is 13.6. The van der Waals surface area contributed by atoms with E-state index in [4.69, 9.17) is 4.74 Å². The number of hydrogen-bond donors (Lipinski definition) is 1. The van der Waals surface area contributed by atoms with E-state index in [9.17, 15) is 14.9 Å². The number of rotatable bonds is 5. The molecule has 2 aromatic carbocycles. The van der Waals surface area contributed by atoms with Crippen LogP contribution in [-0.4, -0.2) is 17.4 Å². The van der Waals surface area contributed by atoms with Crippen LogP contribution in [-0.2, 0) is 10.2 Å². The molecule has 1 amide bonds. The number of anilines is 1. The van der Waals surface area contributed by atoms with Crippen molar-refractivity contribution in [1.82, 2.24) is 0 Å². The summed E-state index contributed by atoms with van der Waals surface area (Å²) in [6.45, 7) is 6.04. The van der Waals surface area contributed by atoms with E-state index in [1.54, 1.807) is 12.1 Å². The summed E-state index contributed by atoms with van der Waals surface area (Å²) in [4.78, 5) is 22.3. The quantitative estimate of drug-likeness (QED) is 0.666. The van der Waals surface area contributed by atoms with Crippen LogP contribution in [0.15, 0.2) is 48.5 Å². The Morgan fingerprint density at radius 2 is 1.75 bits per heavy atom. The van der Waals surface area contributed by atoms with Gasteiger partial charge in [-0.25, -0.2) is 0 Å². The van der Waals surface area contributed by atoms with E-state index in [2.05, 4.69) is 26.1 Å². The molecule has 0 radical (unpaired) electrons. The second-order valence-electron chi connectivity index (χ2n) is 6.39. The highest BCUT2D eigenvalue weighted by atomic mass is 16.6. The van der Waals surface area contributed by atoms with Crippen molar-refractivity contribution in [2.45, 2.75) is 26.2 Å². The number of amides is 1. The third-order valence-corrected chi connectivity index (χ3v) is 3.46. The van der Waals surface area contributed by atoms with Crippen LogP contribution < -0.4 is 10.1 Å². The predicted octanol–water partition coefficient (Wildman–Crippen LogP) is 3.91. The lowest BCUT2D eigenvalue weighted by Crippen LogP contribution is -2.20. The SMILES string of the molecule is CC(C)(C)c1ccc(NC(=O)COc2ccccc2[N+](=O)[O-])cc1. The van der Waals surface area contributed by atoms with E-state index >= 15 is 0 Å². The van der Waals surface area contributed by atoms with Gasteiger partial charge in [-0.05, 0) is 29.2 Å². The predicted molar refractivity (Wildman–Crippen MR) is 92.4 cm³/mol. The van der Waals surface area contributed by atoms with Crippen molar-refractivity contribution in [2.24, 2.45) is 0 Å². The summed E-state index contributed by atoms with van der Waals surface area (Å²) in [6.07, 6.45) is 0. The monoisotopic (exact) mass is 328 g/mol. The first-order chi connectivity index (χ1) is 11.3. The number of nitro benzene ring substituents is 1. The van der Waals surface area contributed by atoms with Crippen molar-refractivity contribution in [3.05, 3.63) is 64.2 Å².